The molecule has 2 aromatic rings. The van der Waals surface area contributed by atoms with Crippen LogP contribution in [-0.2, 0) is 9.59 Å². The number of amides is 2. The molecule has 3 atom stereocenters. The van der Waals surface area contributed by atoms with Gasteiger partial charge in [0.1, 0.15) is 12.2 Å². The standard InChI is InChI=1S/C25H27ClFN5O2/c26-21-10-17(8-9-20(21)15-6-7-15)24(16-4-2-1-3-5-16)29-25(34)22-11-18(27)14-32(22)23(33)12-19-13-28-31-30-19/h1-5,8-10,13,15,18,22,24,28,30-31H,6-7,11-12,14H2,(H,29,34)/t18-,22+,24+/m1/s1. The monoisotopic (exact) mass is 483 g/mol. The van der Waals surface area contributed by atoms with Gasteiger partial charge in [-0.2, -0.15) is 5.53 Å². The van der Waals surface area contributed by atoms with Crippen molar-refractivity contribution >= 4 is 23.4 Å². The van der Waals surface area contributed by atoms with Gasteiger partial charge in [-0.3, -0.25) is 9.59 Å². The first kappa shape index (κ1) is 22.7. The Bertz CT molecular complexity index is 1110. The summed E-state index contributed by atoms with van der Waals surface area (Å²) in [6, 6.07) is 14.2. The molecule has 4 N–H and O–H groups in total. The zero-order chi connectivity index (χ0) is 23.7. The Kier molecular flexibility index (Phi) is 6.43. The van der Waals surface area contributed by atoms with Crippen LogP contribution >= 0.6 is 11.6 Å². The van der Waals surface area contributed by atoms with Crippen LogP contribution in [0.4, 0.5) is 4.39 Å². The van der Waals surface area contributed by atoms with Crippen molar-refractivity contribution in [3.05, 3.63) is 82.1 Å². The molecule has 2 aromatic carbocycles. The number of carbonyl (C=O) groups is 2. The quantitative estimate of drug-likeness (QED) is 0.486. The van der Waals surface area contributed by atoms with Gasteiger partial charge < -0.3 is 21.1 Å². The van der Waals surface area contributed by atoms with Gasteiger partial charge in [-0.15, -0.1) is 0 Å². The van der Waals surface area contributed by atoms with Crippen molar-refractivity contribution in [3.8, 4) is 0 Å². The lowest BCUT2D eigenvalue weighted by Crippen LogP contribution is -2.47. The maximum atomic E-state index is 14.4. The second-order valence-electron chi connectivity index (χ2n) is 9.04. The molecule has 0 bridgehead atoms. The average Bonchev–Trinajstić information content (AvgIpc) is 3.40. The molecule has 1 saturated heterocycles. The van der Waals surface area contributed by atoms with Gasteiger partial charge >= 0.3 is 0 Å². The Morgan fingerprint density at radius 1 is 1.15 bits per heavy atom. The summed E-state index contributed by atoms with van der Waals surface area (Å²) in [5.74, 6) is -0.173. The largest absolute Gasteiger partial charge is 0.343 e. The van der Waals surface area contributed by atoms with Crippen LogP contribution in [-0.4, -0.2) is 35.5 Å². The Balaban J connectivity index is 1.37. The van der Waals surface area contributed by atoms with Gasteiger partial charge in [-0.1, -0.05) is 54.1 Å². The van der Waals surface area contributed by atoms with Crippen molar-refractivity contribution in [1.29, 1.82) is 0 Å². The van der Waals surface area contributed by atoms with Gasteiger partial charge in [-0.25, -0.2) is 4.39 Å². The molecule has 1 aliphatic carbocycles. The summed E-state index contributed by atoms with van der Waals surface area (Å²) in [5, 5.41) is 3.76. The van der Waals surface area contributed by atoms with Crippen LogP contribution in [0.25, 0.3) is 0 Å². The minimum Gasteiger partial charge on any atom is -0.343 e. The van der Waals surface area contributed by atoms with Gasteiger partial charge in [0.25, 0.3) is 0 Å². The molecule has 2 aliphatic heterocycles. The smallest absolute Gasteiger partial charge is 0.243 e. The summed E-state index contributed by atoms with van der Waals surface area (Å²) in [6.45, 7) is -0.0943. The van der Waals surface area contributed by atoms with Gasteiger partial charge in [0, 0.05) is 17.6 Å². The van der Waals surface area contributed by atoms with Gasteiger partial charge in [0.15, 0.2) is 0 Å². The van der Waals surface area contributed by atoms with E-state index < -0.39 is 18.3 Å². The Hall–Kier alpha value is -3.10. The van der Waals surface area contributed by atoms with E-state index in [1.54, 1.807) is 6.20 Å². The third-order valence-electron chi connectivity index (χ3n) is 6.55. The summed E-state index contributed by atoms with van der Waals surface area (Å²) < 4.78 is 14.4. The molecule has 1 saturated carbocycles. The predicted octanol–water partition coefficient (Wildman–Crippen LogP) is 3.21. The number of rotatable bonds is 7. The van der Waals surface area contributed by atoms with Crippen LogP contribution in [0.1, 0.15) is 54.3 Å². The second-order valence-corrected chi connectivity index (χ2v) is 9.45. The second kappa shape index (κ2) is 9.64. The van der Waals surface area contributed by atoms with E-state index >= 15 is 0 Å². The van der Waals surface area contributed by atoms with Crippen LogP contribution in [0.2, 0.25) is 5.02 Å². The molecule has 3 aliphatic rings. The molecule has 0 radical (unpaired) electrons. The Morgan fingerprint density at radius 2 is 1.94 bits per heavy atom. The number of alkyl halides is 1. The van der Waals surface area contributed by atoms with Crippen LogP contribution in [0, 0.1) is 0 Å². The number of nitrogens with zero attached hydrogens (tertiary/aromatic N) is 1. The minimum atomic E-state index is -1.25. The van der Waals surface area contributed by atoms with Gasteiger partial charge in [0.2, 0.25) is 11.8 Å². The number of hydrazine groups is 2. The Labute approximate surface area is 202 Å². The molecule has 0 spiro atoms. The maximum absolute atomic E-state index is 14.4. The number of nitrogens with one attached hydrogen (secondary N) is 4. The van der Waals surface area contributed by atoms with Crippen LogP contribution in [0.15, 0.2) is 60.4 Å². The third kappa shape index (κ3) is 4.88. The Morgan fingerprint density at radius 3 is 2.62 bits per heavy atom. The van der Waals surface area contributed by atoms with Crippen LogP contribution < -0.4 is 21.7 Å². The van der Waals surface area contributed by atoms with Crippen molar-refractivity contribution in [2.24, 2.45) is 0 Å². The molecule has 34 heavy (non-hydrogen) atoms. The first-order valence-corrected chi connectivity index (χ1v) is 11.9. The third-order valence-corrected chi connectivity index (χ3v) is 6.88. The zero-order valence-electron chi connectivity index (χ0n) is 18.6. The fraction of sp³-hybridized carbons (Fsp3) is 0.360. The lowest BCUT2D eigenvalue weighted by atomic mass is 9.96. The number of likely N-dealkylation sites (tertiary alicyclic amines) is 1. The van der Waals surface area contributed by atoms with Crippen molar-refractivity contribution in [2.75, 3.05) is 6.54 Å². The normalized spacial score (nSPS) is 22.5. The average molecular weight is 484 g/mol. The number of halogens is 2. The van der Waals surface area contributed by atoms with Gasteiger partial charge in [-0.05, 0) is 41.5 Å². The molecule has 0 aromatic heterocycles. The first-order valence-electron chi connectivity index (χ1n) is 11.5. The summed E-state index contributed by atoms with van der Waals surface area (Å²) in [5.41, 5.74) is 11.7. The van der Waals surface area contributed by atoms with E-state index in [-0.39, 0.29) is 31.2 Å². The lowest BCUT2D eigenvalue weighted by molar-refractivity contribution is -0.138. The van der Waals surface area contributed by atoms with E-state index in [4.69, 9.17) is 11.6 Å². The topological polar surface area (TPSA) is 85.5 Å². The number of hydrogen-bond donors (Lipinski definition) is 4. The van der Waals surface area contributed by atoms with E-state index in [2.05, 4.69) is 21.7 Å². The molecule has 9 heteroatoms. The molecule has 0 unspecified atom stereocenters. The van der Waals surface area contributed by atoms with Crippen molar-refractivity contribution in [3.63, 3.8) is 0 Å². The summed E-state index contributed by atoms with van der Waals surface area (Å²) >= 11 is 6.59. The van der Waals surface area contributed by atoms with Crippen molar-refractivity contribution < 1.29 is 14.0 Å². The molecule has 2 heterocycles. The molecule has 178 valence electrons. The number of hydrogen-bond acceptors (Lipinski definition) is 5. The fourth-order valence-corrected chi connectivity index (χ4v) is 4.98. The summed E-state index contributed by atoms with van der Waals surface area (Å²) in [6.07, 6.45) is 2.68. The minimum absolute atomic E-state index is 0.0244. The highest BCUT2D eigenvalue weighted by Crippen LogP contribution is 2.44. The highest BCUT2D eigenvalue weighted by atomic mass is 35.5. The molecule has 5 rings (SSSR count). The fourth-order valence-electron chi connectivity index (χ4n) is 4.64. The number of carbonyl (C=O) groups excluding carboxylic acids is 2. The molecular formula is C25H27ClFN5O2. The zero-order valence-corrected chi connectivity index (χ0v) is 19.3. The molecule has 7 nitrogen and oxygen atoms in total. The summed E-state index contributed by atoms with van der Waals surface area (Å²) in [7, 11) is 0. The molecular weight excluding hydrogens is 457 g/mol. The predicted molar refractivity (Wildman–Crippen MR) is 127 cm³/mol. The van der Waals surface area contributed by atoms with Crippen LogP contribution in [0.3, 0.4) is 0 Å². The van der Waals surface area contributed by atoms with E-state index in [1.165, 1.54) is 4.90 Å². The lowest BCUT2D eigenvalue weighted by Gasteiger charge is -2.27. The van der Waals surface area contributed by atoms with E-state index in [9.17, 15) is 14.0 Å². The number of benzene rings is 2. The van der Waals surface area contributed by atoms with E-state index in [1.807, 2.05) is 48.5 Å². The van der Waals surface area contributed by atoms with Crippen LogP contribution in [0.5, 0.6) is 0 Å². The maximum Gasteiger partial charge on any atom is 0.243 e. The highest BCUT2D eigenvalue weighted by molar-refractivity contribution is 6.31. The first-order chi connectivity index (χ1) is 16.5. The SMILES string of the molecule is O=C(N[C@@H](c1ccccc1)c1ccc(C2CC2)c(Cl)c1)[C@@H]1C[C@@H](F)CN1C(=O)CC1=CNNN1. The molecule has 2 amide bonds. The van der Waals surface area contributed by atoms with Gasteiger partial charge in [0.05, 0.1) is 24.7 Å². The highest BCUT2D eigenvalue weighted by Gasteiger charge is 2.40. The summed E-state index contributed by atoms with van der Waals surface area (Å²) in [4.78, 5) is 27.6. The van der Waals surface area contributed by atoms with E-state index in [0.717, 1.165) is 29.5 Å². The van der Waals surface area contributed by atoms with Crippen molar-refractivity contribution in [1.82, 2.24) is 26.6 Å². The van der Waals surface area contributed by atoms with Crippen molar-refractivity contribution in [2.45, 2.75) is 49.9 Å². The molecule has 2 fully saturated rings. The van der Waals surface area contributed by atoms with E-state index in [0.29, 0.717) is 16.6 Å².